The van der Waals surface area contributed by atoms with E-state index < -0.39 is 97.5 Å². The molecule has 0 rings (SSSR count). The number of carbonyl (C=O) groups excluding carboxylic acids is 4. The Morgan fingerprint density at radius 1 is 0.273 bits per heavy atom. The number of hydrogen-bond donors (Lipinski definition) is 3. The van der Waals surface area contributed by atoms with E-state index in [1.807, 2.05) is 0 Å². The van der Waals surface area contributed by atoms with Crippen LogP contribution >= 0.6 is 15.6 Å². The van der Waals surface area contributed by atoms with Gasteiger partial charge in [-0.05, 0) is 31.6 Å². The Morgan fingerprint density at radius 3 is 0.687 bits per heavy atom. The van der Waals surface area contributed by atoms with Crippen molar-refractivity contribution in [3.63, 3.8) is 0 Å². The van der Waals surface area contributed by atoms with E-state index in [2.05, 4.69) is 34.6 Å². The number of unbranched alkanes of at least 4 members (excludes halogenated alkanes) is 52. The van der Waals surface area contributed by atoms with E-state index in [1.165, 1.54) is 238 Å². The van der Waals surface area contributed by atoms with Crippen molar-refractivity contribution in [2.24, 2.45) is 5.92 Å². The lowest BCUT2D eigenvalue weighted by atomic mass is 10.0. The molecule has 0 amide bonds. The standard InChI is InChI=1S/C80H156O17P2/c1-6-9-12-15-18-20-22-24-26-28-30-31-32-34-36-38-40-42-44-50-55-60-65-79(84)96-76(70-91-78(83)64-59-54-49-43-41-39-37-35-33-29-27-25-23-21-19-16-13-10-7-2)72-95-99(88,89)93-68-74(81)67-92-98(86,87)94-71-75(69-90-77(82)63-58-53-47-17-14-11-8-3)97-80(85)66-61-56-51-46-45-48-52-57-62-73(4)5/h73-76,81H,6-72H2,1-5H3,(H,86,87)(H,88,89)/t74-,75+,76+/m0/s1. The lowest BCUT2D eigenvalue weighted by Gasteiger charge is -2.21. The van der Waals surface area contributed by atoms with Crippen LogP contribution in [-0.2, 0) is 65.4 Å². The summed E-state index contributed by atoms with van der Waals surface area (Å²) in [5.74, 6) is -1.40. The van der Waals surface area contributed by atoms with Gasteiger partial charge in [-0.15, -0.1) is 0 Å². The number of ether oxygens (including phenoxy) is 4. The summed E-state index contributed by atoms with van der Waals surface area (Å²) in [5, 5.41) is 10.6. The first kappa shape index (κ1) is 97.1. The van der Waals surface area contributed by atoms with Gasteiger partial charge in [0, 0.05) is 25.7 Å². The van der Waals surface area contributed by atoms with Gasteiger partial charge >= 0.3 is 39.5 Å². The average Bonchev–Trinajstić information content (AvgIpc) is 0.997. The number of phosphoric acid groups is 2. The number of esters is 4. The van der Waals surface area contributed by atoms with Crippen molar-refractivity contribution in [2.75, 3.05) is 39.6 Å². The number of rotatable bonds is 80. The zero-order valence-electron chi connectivity index (χ0n) is 64.6. The second-order valence-corrected chi connectivity index (χ2v) is 32.2. The zero-order chi connectivity index (χ0) is 72.7. The molecule has 0 saturated carbocycles. The molecule has 0 aliphatic carbocycles. The molecule has 2 unspecified atom stereocenters. The maximum atomic E-state index is 13.1. The minimum Gasteiger partial charge on any atom is -0.462 e. The third-order valence-corrected chi connectivity index (χ3v) is 20.7. The fourth-order valence-corrected chi connectivity index (χ4v) is 14.0. The van der Waals surface area contributed by atoms with Gasteiger partial charge in [0.2, 0.25) is 0 Å². The van der Waals surface area contributed by atoms with Gasteiger partial charge in [0.05, 0.1) is 26.4 Å². The number of aliphatic hydroxyl groups is 1. The van der Waals surface area contributed by atoms with Crippen molar-refractivity contribution in [1.82, 2.24) is 0 Å². The normalized spacial score (nSPS) is 13.9. The van der Waals surface area contributed by atoms with E-state index in [0.717, 1.165) is 109 Å². The Labute approximate surface area is 607 Å². The molecule has 0 bridgehead atoms. The number of hydrogen-bond acceptors (Lipinski definition) is 15. The molecule has 0 aliphatic rings. The van der Waals surface area contributed by atoms with Gasteiger partial charge in [-0.3, -0.25) is 37.3 Å². The zero-order valence-corrected chi connectivity index (χ0v) is 66.4. The van der Waals surface area contributed by atoms with Crippen LogP contribution in [0.25, 0.3) is 0 Å². The van der Waals surface area contributed by atoms with Crippen molar-refractivity contribution in [3.05, 3.63) is 0 Å². The smallest absolute Gasteiger partial charge is 0.462 e. The molecule has 0 heterocycles. The van der Waals surface area contributed by atoms with E-state index in [9.17, 15) is 43.2 Å². The SMILES string of the molecule is CCCCCCCCCCCCCCCCCCCCCCCCC(=O)O[C@H](COC(=O)CCCCCCCCCCCCCCCCCCCCC)COP(=O)(O)OC[C@@H](O)COP(=O)(O)OC[C@@H](COC(=O)CCCCCCCCC)OC(=O)CCCCCCCCCCC(C)C. The molecular formula is C80H156O17P2. The molecule has 588 valence electrons. The molecule has 19 heteroatoms. The molecule has 0 spiro atoms. The van der Waals surface area contributed by atoms with Crippen molar-refractivity contribution >= 4 is 39.5 Å². The maximum absolute atomic E-state index is 13.1. The fourth-order valence-electron chi connectivity index (χ4n) is 12.4. The van der Waals surface area contributed by atoms with Gasteiger partial charge in [0.25, 0.3) is 0 Å². The predicted octanol–water partition coefficient (Wildman–Crippen LogP) is 24.0. The highest BCUT2D eigenvalue weighted by atomic mass is 31.2. The Kier molecular flexibility index (Phi) is 71.6. The topological polar surface area (TPSA) is 237 Å². The fraction of sp³-hybridized carbons (Fsp3) is 0.950. The van der Waals surface area contributed by atoms with Gasteiger partial charge in [-0.2, -0.15) is 0 Å². The lowest BCUT2D eigenvalue weighted by molar-refractivity contribution is -0.161. The molecule has 0 aromatic carbocycles. The first-order valence-corrected chi connectivity index (χ1v) is 44.6. The molecule has 99 heavy (non-hydrogen) atoms. The van der Waals surface area contributed by atoms with Gasteiger partial charge < -0.3 is 33.8 Å². The van der Waals surface area contributed by atoms with Crippen LogP contribution in [0.4, 0.5) is 0 Å². The maximum Gasteiger partial charge on any atom is 0.472 e. The van der Waals surface area contributed by atoms with Crippen molar-refractivity contribution in [1.29, 1.82) is 0 Å². The van der Waals surface area contributed by atoms with E-state index in [0.29, 0.717) is 25.7 Å². The third-order valence-electron chi connectivity index (χ3n) is 18.8. The van der Waals surface area contributed by atoms with Gasteiger partial charge in [-0.1, -0.05) is 375 Å². The van der Waals surface area contributed by atoms with E-state index in [-0.39, 0.29) is 25.7 Å². The summed E-state index contributed by atoms with van der Waals surface area (Å²) in [6.45, 7) is 7.22. The molecule has 17 nitrogen and oxygen atoms in total. The molecule has 0 fully saturated rings. The molecule has 0 aromatic rings. The minimum atomic E-state index is -4.96. The van der Waals surface area contributed by atoms with Crippen LogP contribution in [0.15, 0.2) is 0 Å². The number of carbonyl (C=O) groups is 4. The summed E-state index contributed by atoms with van der Waals surface area (Å²) >= 11 is 0. The first-order valence-electron chi connectivity index (χ1n) is 41.6. The molecule has 0 aliphatic heterocycles. The largest absolute Gasteiger partial charge is 0.472 e. The molecule has 0 aromatic heterocycles. The summed E-state index contributed by atoms with van der Waals surface area (Å²) in [5.41, 5.74) is 0. The summed E-state index contributed by atoms with van der Waals surface area (Å²) in [6.07, 6.45) is 64.3. The first-order chi connectivity index (χ1) is 48.0. The predicted molar refractivity (Wildman–Crippen MR) is 405 cm³/mol. The Hall–Kier alpha value is -1.94. The van der Waals surface area contributed by atoms with Crippen LogP contribution in [0.2, 0.25) is 0 Å². The summed E-state index contributed by atoms with van der Waals surface area (Å²) in [6, 6.07) is 0. The summed E-state index contributed by atoms with van der Waals surface area (Å²) < 4.78 is 68.5. The summed E-state index contributed by atoms with van der Waals surface area (Å²) in [7, 11) is -9.91. The molecule has 5 atom stereocenters. The second-order valence-electron chi connectivity index (χ2n) is 29.3. The highest BCUT2D eigenvalue weighted by Crippen LogP contribution is 2.45. The quantitative estimate of drug-likeness (QED) is 0.0222. The highest BCUT2D eigenvalue weighted by molar-refractivity contribution is 7.47. The van der Waals surface area contributed by atoms with E-state index in [4.69, 9.17) is 37.0 Å². The van der Waals surface area contributed by atoms with Crippen LogP contribution in [-0.4, -0.2) is 96.7 Å². The Balaban J connectivity index is 5.14. The molecule has 0 radical (unpaired) electrons. The van der Waals surface area contributed by atoms with Gasteiger partial charge in [0.1, 0.15) is 19.3 Å². The van der Waals surface area contributed by atoms with Gasteiger partial charge in [-0.25, -0.2) is 9.13 Å². The average molecular weight is 1450 g/mol. The monoisotopic (exact) mass is 1450 g/mol. The van der Waals surface area contributed by atoms with Gasteiger partial charge in [0.15, 0.2) is 12.2 Å². The van der Waals surface area contributed by atoms with Crippen molar-refractivity contribution in [3.8, 4) is 0 Å². The third kappa shape index (κ3) is 74.1. The Morgan fingerprint density at radius 2 is 0.465 bits per heavy atom. The van der Waals surface area contributed by atoms with E-state index >= 15 is 0 Å². The van der Waals surface area contributed by atoms with Crippen LogP contribution in [0.1, 0.15) is 426 Å². The minimum absolute atomic E-state index is 0.105. The van der Waals surface area contributed by atoms with Crippen LogP contribution in [0, 0.1) is 5.92 Å². The Bertz CT molecular complexity index is 1890. The highest BCUT2D eigenvalue weighted by Gasteiger charge is 2.30. The van der Waals surface area contributed by atoms with Crippen LogP contribution < -0.4 is 0 Å². The number of aliphatic hydroxyl groups excluding tert-OH is 1. The van der Waals surface area contributed by atoms with Crippen molar-refractivity contribution < 1.29 is 80.2 Å². The number of phosphoric ester groups is 2. The van der Waals surface area contributed by atoms with Crippen LogP contribution in [0.5, 0.6) is 0 Å². The summed E-state index contributed by atoms with van der Waals surface area (Å²) in [4.78, 5) is 72.8. The molecule has 0 saturated heterocycles. The van der Waals surface area contributed by atoms with Crippen LogP contribution in [0.3, 0.4) is 0 Å². The second kappa shape index (κ2) is 73.0. The molecular weight excluding hydrogens is 1290 g/mol. The lowest BCUT2D eigenvalue weighted by Crippen LogP contribution is -2.30. The van der Waals surface area contributed by atoms with Crippen molar-refractivity contribution in [2.45, 2.75) is 445 Å². The molecule has 3 N–H and O–H groups in total. The van der Waals surface area contributed by atoms with E-state index in [1.54, 1.807) is 0 Å².